The molecule has 0 saturated carbocycles. The van der Waals surface area contributed by atoms with Crippen LogP contribution in [0.3, 0.4) is 0 Å². The number of ether oxygens (including phenoxy) is 1. The summed E-state index contributed by atoms with van der Waals surface area (Å²) in [5, 5.41) is 2.44. The van der Waals surface area contributed by atoms with E-state index in [1.807, 2.05) is 0 Å². The van der Waals surface area contributed by atoms with E-state index in [1.165, 1.54) is 49.4 Å². The molecule has 0 unspecified atom stereocenters. The summed E-state index contributed by atoms with van der Waals surface area (Å²) in [6.45, 7) is 6.44. The van der Waals surface area contributed by atoms with E-state index in [4.69, 9.17) is 4.74 Å². The summed E-state index contributed by atoms with van der Waals surface area (Å²) in [6, 6.07) is 10.6. The Labute approximate surface area is 169 Å². The third-order valence-electron chi connectivity index (χ3n) is 3.57. The second-order valence-electron chi connectivity index (χ2n) is 7.43. The van der Waals surface area contributed by atoms with Crippen LogP contribution in [-0.2, 0) is 19.6 Å². The minimum absolute atomic E-state index is 0.0211. The van der Waals surface area contributed by atoms with Gasteiger partial charge in [-0.3, -0.25) is 4.79 Å². The lowest BCUT2D eigenvalue weighted by molar-refractivity contribution is -0.123. The van der Waals surface area contributed by atoms with Gasteiger partial charge in [0.2, 0.25) is 10.0 Å². The molecule has 0 aromatic heterocycles. The van der Waals surface area contributed by atoms with Gasteiger partial charge in [-0.05, 0) is 64.1 Å². The Morgan fingerprint density at radius 3 is 2.34 bits per heavy atom. The van der Waals surface area contributed by atoms with Crippen LogP contribution in [0.5, 0.6) is 0 Å². The summed E-state index contributed by atoms with van der Waals surface area (Å²) in [5.74, 6) is -2.03. The number of sulfonamides is 1. The van der Waals surface area contributed by atoms with Crippen molar-refractivity contribution < 1.29 is 27.1 Å². The van der Waals surface area contributed by atoms with Crippen LogP contribution in [0.15, 0.2) is 53.4 Å². The summed E-state index contributed by atoms with van der Waals surface area (Å²) in [4.78, 5) is 24.4. The summed E-state index contributed by atoms with van der Waals surface area (Å²) < 4.78 is 45.7. The summed E-state index contributed by atoms with van der Waals surface area (Å²) in [6.07, 6.45) is -1.18. The van der Waals surface area contributed by atoms with Crippen molar-refractivity contribution in [1.29, 1.82) is 0 Å². The van der Waals surface area contributed by atoms with Crippen molar-refractivity contribution in [1.82, 2.24) is 4.72 Å². The molecule has 2 rings (SSSR count). The van der Waals surface area contributed by atoms with Crippen molar-refractivity contribution in [3.8, 4) is 0 Å². The lowest BCUT2D eigenvalue weighted by Gasteiger charge is -2.20. The van der Waals surface area contributed by atoms with Crippen LogP contribution in [0.1, 0.15) is 38.1 Å². The number of rotatable bonds is 6. The van der Waals surface area contributed by atoms with E-state index in [0.29, 0.717) is 0 Å². The van der Waals surface area contributed by atoms with Crippen molar-refractivity contribution in [2.24, 2.45) is 0 Å². The SMILES string of the molecule is C[C@@H](OC(=O)c1cccc(S(=O)(=O)NC(C)(C)C)c1)C(=O)Nc1cccc(F)c1. The fraction of sp³-hybridized carbons (Fsp3) is 0.300. The number of anilines is 1. The number of esters is 1. The van der Waals surface area contributed by atoms with Crippen LogP contribution in [0.25, 0.3) is 0 Å². The maximum absolute atomic E-state index is 13.2. The first-order chi connectivity index (χ1) is 13.4. The van der Waals surface area contributed by atoms with Gasteiger partial charge in [0.15, 0.2) is 6.10 Å². The van der Waals surface area contributed by atoms with Gasteiger partial charge < -0.3 is 10.1 Å². The first-order valence-electron chi connectivity index (χ1n) is 8.79. The largest absolute Gasteiger partial charge is 0.449 e. The summed E-state index contributed by atoms with van der Waals surface area (Å²) in [7, 11) is -3.84. The Bertz CT molecular complexity index is 1020. The van der Waals surface area contributed by atoms with Gasteiger partial charge >= 0.3 is 5.97 Å². The lowest BCUT2D eigenvalue weighted by Crippen LogP contribution is -2.40. The molecular weight excluding hydrogens is 399 g/mol. The van der Waals surface area contributed by atoms with Gasteiger partial charge in [0, 0.05) is 11.2 Å². The minimum Gasteiger partial charge on any atom is -0.449 e. The highest BCUT2D eigenvalue weighted by atomic mass is 32.2. The normalized spacial score (nSPS) is 12.9. The second-order valence-corrected chi connectivity index (χ2v) is 9.11. The molecule has 2 N–H and O–H groups in total. The molecule has 0 saturated heterocycles. The predicted octanol–water partition coefficient (Wildman–Crippen LogP) is 3.09. The standard InChI is InChI=1S/C20H23FN2O5S/c1-13(18(24)22-16-9-6-8-15(21)12-16)28-19(25)14-7-5-10-17(11-14)29(26,27)23-20(2,3)4/h5-13,23H,1-4H3,(H,22,24)/t13-/m1/s1. The van der Waals surface area contributed by atoms with E-state index < -0.39 is 39.4 Å². The average Bonchev–Trinajstić information content (AvgIpc) is 2.59. The number of hydrogen-bond donors (Lipinski definition) is 2. The van der Waals surface area contributed by atoms with Gasteiger partial charge in [0.05, 0.1) is 10.5 Å². The van der Waals surface area contributed by atoms with Gasteiger partial charge in [-0.2, -0.15) is 0 Å². The van der Waals surface area contributed by atoms with E-state index >= 15 is 0 Å². The van der Waals surface area contributed by atoms with Gasteiger partial charge in [-0.15, -0.1) is 0 Å². The number of hydrogen-bond acceptors (Lipinski definition) is 5. The van der Waals surface area contributed by atoms with E-state index in [2.05, 4.69) is 10.0 Å². The van der Waals surface area contributed by atoms with Crippen molar-refractivity contribution in [3.05, 3.63) is 59.9 Å². The van der Waals surface area contributed by atoms with E-state index in [9.17, 15) is 22.4 Å². The van der Waals surface area contributed by atoms with Crippen LogP contribution in [-0.4, -0.2) is 31.9 Å². The quantitative estimate of drug-likeness (QED) is 0.697. The zero-order valence-electron chi connectivity index (χ0n) is 16.5. The smallest absolute Gasteiger partial charge is 0.338 e. The highest BCUT2D eigenvalue weighted by molar-refractivity contribution is 7.89. The van der Waals surface area contributed by atoms with Crippen LogP contribution < -0.4 is 10.0 Å². The highest BCUT2D eigenvalue weighted by Crippen LogP contribution is 2.16. The molecule has 29 heavy (non-hydrogen) atoms. The molecule has 9 heteroatoms. The zero-order valence-corrected chi connectivity index (χ0v) is 17.3. The maximum atomic E-state index is 13.2. The van der Waals surface area contributed by atoms with Gasteiger partial charge in [0.25, 0.3) is 5.91 Å². The van der Waals surface area contributed by atoms with E-state index in [1.54, 1.807) is 20.8 Å². The molecule has 1 atom stereocenters. The molecule has 0 radical (unpaired) electrons. The number of nitrogens with one attached hydrogen (secondary N) is 2. The fourth-order valence-corrected chi connectivity index (χ4v) is 3.81. The minimum atomic E-state index is -3.84. The predicted molar refractivity (Wildman–Crippen MR) is 106 cm³/mol. The first kappa shape index (κ1) is 22.5. The van der Waals surface area contributed by atoms with Crippen molar-refractivity contribution in [2.75, 3.05) is 5.32 Å². The van der Waals surface area contributed by atoms with E-state index in [0.717, 1.165) is 6.07 Å². The van der Waals surface area contributed by atoms with Gasteiger partial charge in [-0.25, -0.2) is 22.3 Å². The third-order valence-corrected chi connectivity index (χ3v) is 5.32. The van der Waals surface area contributed by atoms with Crippen molar-refractivity contribution in [2.45, 2.75) is 44.2 Å². The molecule has 1 amide bonds. The summed E-state index contributed by atoms with van der Waals surface area (Å²) in [5.41, 5.74) is -0.495. The Hall–Kier alpha value is -2.78. The first-order valence-corrected chi connectivity index (χ1v) is 10.3. The molecule has 0 aliphatic heterocycles. The van der Waals surface area contributed by atoms with Crippen LogP contribution in [0.2, 0.25) is 0 Å². The number of benzene rings is 2. The van der Waals surface area contributed by atoms with Crippen LogP contribution >= 0.6 is 0 Å². The van der Waals surface area contributed by atoms with E-state index in [-0.39, 0.29) is 16.1 Å². The number of carbonyl (C=O) groups excluding carboxylic acids is 2. The molecule has 7 nitrogen and oxygen atoms in total. The number of amides is 1. The molecule has 0 fully saturated rings. The molecule has 0 spiro atoms. The Morgan fingerprint density at radius 2 is 1.72 bits per heavy atom. The molecule has 2 aromatic carbocycles. The molecule has 0 heterocycles. The second kappa shape index (κ2) is 8.71. The molecule has 0 aliphatic carbocycles. The zero-order chi connectivity index (χ0) is 21.8. The molecule has 2 aromatic rings. The monoisotopic (exact) mass is 422 g/mol. The summed E-state index contributed by atoms with van der Waals surface area (Å²) >= 11 is 0. The topological polar surface area (TPSA) is 102 Å². The van der Waals surface area contributed by atoms with Crippen LogP contribution in [0, 0.1) is 5.82 Å². The highest BCUT2D eigenvalue weighted by Gasteiger charge is 2.24. The molecule has 156 valence electrons. The van der Waals surface area contributed by atoms with Crippen molar-refractivity contribution >= 4 is 27.6 Å². The van der Waals surface area contributed by atoms with Crippen molar-refractivity contribution in [3.63, 3.8) is 0 Å². The van der Waals surface area contributed by atoms with Gasteiger partial charge in [0.1, 0.15) is 5.82 Å². The number of carbonyl (C=O) groups is 2. The number of halogens is 1. The maximum Gasteiger partial charge on any atom is 0.338 e. The molecular formula is C20H23FN2O5S. The molecule has 0 bridgehead atoms. The fourth-order valence-electron chi connectivity index (χ4n) is 2.34. The third kappa shape index (κ3) is 6.65. The average molecular weight is 422 g/mol. The Morgan fingerprint density at radius 1 is 1.07 bits per heavy atom. The van der Waals surface area contributed by atoms with Crippen LogP contribution in [0.4, 0.5) is 10.1 Å². The Balaban J connectivity index is 2.09. The Kier molecular flexibility index (Phi) is 6.76. The van der Waals surface area contributed by atoms with Gasteiger partial charge in [-0.1, -0.05) is 12.1 Å². The molecule has 0 aliphatic rings. The lowest BCUT2D eigenvalue weighted by atomic mass is 10.1.